The van der Waals surface area contributed by atoms with Crippen LogP contribution in [0.1, 0.15) is 48.8 Å². The highest BCUT2D eigenvalue weighted by molar-refractivity contribution is 5.90. The van der Waals surface area contributed by atoms with Crippen molar-refractivity contribution in [1.29, 1.82) is 5.26 Å². The summed E-state index contributed by atoms with van der Waals surface area (Å²) in [5.41, 5.74) is 5.10. The highest BCUT2D eigenvalue weighted by Crippen LogP contribution is 2.38. The molecule has 1 aromatic carbocycles. The molecular weight excluding hydrogens is 536 g/mol. The molecule has 41 heavy (non-hydrogen) atoms. The van der Waals surface area contributed by atoms with Gasteiger partial charge in [0, 0.05) is 37.4 Å². The van der Waals surface area contributed by atoms with Gasteiger partial charge in [-0.15, -0.1) is 0 Å². The molecule has 0 bridgehead atoms. The fourth-order valence-corrected chi connectivity index (χ4v) is 5.44. The molecule has 4 heterocycles. The van der Waals surface area contributed by atoms with Crippen LogP contribution in [0.5, 0.6) is 0 Å². The zero-order chi connectivity index (χ0) is 29.3. The van der Waals surface area contributed by atoms with Crippen LogP contribution in [-0.4, -0.2) is 45.0 Å². The summed E-state index contributed by atoms with van der Waals surface area (Å²) in [6.07, 6.45) is -2.95. The van der Waals surface area contributed by atoms with E-state index in [2.05, 4.69) is 36.2 Å². The molecular formula is C29H28F4N8. The van der Waals surface area contributed by atoms with E-state index in [1.807, 2.05) is 13.8 Å². The molecule has 0 aliphatic carbocycles. The van der Waals surface area contributed by atoms with E-state index in [1.165, 1.54) is 18.2 Å². The summed E-state index contributed by atoms with van der Waals surface area (Å²) >= 11 is 0. The van der Waals surface area contributed by atoms with Gasteiger partial charge in [-0.25, -0.2) is 20.2 Å². The average Bonchev–Trinajstić information content (AvgIpc) is 2.97. The molecule has 212 valence electrons. The van der Waals surface area contributed by atoms with Crippen molar-refractivity contribution in [3.05, 3.63) is 89.1 Å². The molecule has 1 unspecified atom stereocenters. The Morgan fingerprint density at radius 1 is 1.10 bits per heavy atom. The normalized spacial score (nSPS) is 18.7. The maximum Gasteiger partial charge on any atom is 0.417 e. The topological polar surface area (TPSA) is 107 Å². The molecule has 4 aromatic rings. The second kappa shape index (κ2) is 11.3. The predicted molar refractivity (Wildman–Crippen MR) is 147 cm³/mol. The Labute approximate surface area is 234 Å². The van der Waals surface area contributed by atoms with E-state index in [0.717, 1.165) is 23.5 Å². The van der Waals surface area contributed by atoms with Gasteiger partial charge in [0.05, 0.1) is 28.5 Å². The number of nitrogens with one attached hydrogen (secondary N) is 1. The summed E-state index contributed by atoms with van der Waals surface area (Å²) in [5.74, 6) is 5.74. The zero-order valence-electron chi connectivity index (χ0n) is 22.4. The number of hydrogen-bond donors (Lipinski definition) is 2. The number of pyridine rings is 3. The van der Waals surface area contributed by atoms with Gasteiger partial charge in [0.1, 0.15) is 28.9 Å². The number of alkyl halides is 3. The van der Waals surface area contributed by atoms with Gasteiger partial charge in [0.2, 0.25) is 0 Å². The summed E-state index contributed by atoms with van der Waals surface area (Å²) in [5, 5.41) is 9.44. The Kier molecular flexibility index (Phi) is 7.75. The molecule has 0 radical (unpaired) electrons. The number of hydrazine groups is 1. The van der Waals surface area contributed by atoms with Crippen LogP contribution in [0.3, 0.4) is 0 Å². The van der Waals surface area contributed by atoms with Crippen molar-refractivity contribution in [3.63, 3.8) is 0 Å². The van der Waals surface area contributed by atoms with E-state index in [-0.39, 0.29) is 17.8 Å². The number of rotatable bonds is 6. The summed E-state index contributed by atoms with van der Waals surface area (Å²) < 4.78 is 53.7. The first kappa shape index (κ1) is 28.2. The van der Waals surface area contributed by atoms with E-state index >= 15 is 0 Å². The Bertz CT molecular complexity index is 1570. The molecule has 1 fully saturated rings. The summed E-state index contributed by atoms with van der Waals surface area (Å²) in [6.45, 7) is 5.13. The minimum atomic E-state index is -4.51. The van der Waals surface area contributed by atoms with Crippen LogP contribution in [0.25, 0.3) is 11.0 Å². The maximum atomic E-state index is 13.9. The molecule has 1 saturated heterocycles. The molecule has 1 aliphatic rings. The lowest BCUT2D eigenvalue weighted by Gasteiger charge is -2.49. The van der Waals surface area contributed by atoms with Crippen LogP contribution in [-0.2, 0) is 6.18 Å². The largest absolute Gasteiger partial charge is 0.417 e. The number of halogens is 4. The van der Waals surface area contributed by atoms with Crippen LogP contribution in [0, 0.1) is 17.1 Å². The Morgan fingerprint density at radius 2 is 1.85 bits per heavy atom. The number of benzene rings is 1. The monoisotopic (exact) mass is 564 g/mol. The second-order valence-electron chi connectivity index (χ2n) is 10.0. The van der Waals surface area contributed by atoms with Crippen LogP contribution >= 0.6 is 0 Å². The van der Waals surface area contributed by atoms with E-state index in [0.29, 0.717) is 42.1 Å². The van der Waals surface area contributed by atoms with E-state index < -0.39 is 23.6 Å². The lowest BCUT2D eigenvalue weighted by Crippen LogP contribution is -2.58. The molecule has 3 atom stereocenters. The quantitative estimate of drug-likeness (QED) is 0.182. The number of hydrogen-bond acceptors (Lipinski definition) is 8. The first-order valence-corrected chi connectivity index (χ1v) is 13.1. The number of aromatic nitrogens is 3. The van der Waals surface area contributed by atoms with E-state index in [4.69, 9.17) is 5.84 Å². The average molecular weight is 565 g/mol. The number of nitrogens with two attached hydrogens (primary N) is 1. The molecule has 0 saturated carbocycles. The lowest BCUT2D eigenvalue weighted by atomic mass is 9.94. The van der Waals surface area contributed by atoms with Gasteiger partial charge in [0.15, 0.2) is 0 Å². The Balaban J connectivity index is 1.56. The number of nitrogen functional groups attached to an aromatic ring is 1. The highest BCUT2D eigenvalue weighted by atomic mass is 19.4. The van der Waals surface area contributed by atoms with Gasteiger partial charge < -0.3 is 10.3 Å². The third-order valence-electron chi connectivity index (χ3n) is 7.47. The number of nitriles is 1. The first-order valence-electron chi connectivity index (χ1n) is 13.1. The Morgan fingerprint density at radius 3 is 2.46 bits per heavy atom. The van der Waals surface area contributed by atoms with E-state index in [9.17, 15) is 22.8 Å². The van der Waals surface area contributed by atoms with Crippen LogP contribution in [0.2, 0.25) is 0 Å². The third-order valence-corrected chi connectivity index (χ3v) is 7.47. The number of piperazine rings is 1. The van der Waals surface area contributed by atoms with Gasteiger partial charge in [0.25, 0.3) is 0 Å². The smallest absolute Gasteiger partial charge is 0.364 e. The lowest BCUT2D eigenvalue weighted by molar-refractivity contribution is -0.137. The fourth-order valence-electron chi connectivity index (χ4n) is 5.44. The van der Waals surface area contributed by atoms with E-state index in [1.54, 1.807) is 30.3 Å². The van der Waals surface area contributed by atoms with Crippen LogP contribution in [0.4, 0.5) is 29.1 Å². The SMILES string of the molecule is CC[C@@H]1CN(c2cc(NN)nc3ccc(C#N)nc23)[C@@H](C)CN1C(c1ccc(F)cc1)c1ccc(C(F)(F)F)cn1. The minimum Gasteiger partial charge on any atom is -0.364 e. The number of anilines is 2. The third kappa shape index (κ3) is 5.64. The van der Waals surface area contributed by atoms with Crippen LogP contribution < -0.4 is 16.2 Å². The molecule has 8 nitrogen and oxygen atoms in total. The number of nitrogens with zero attached hydrogens (tertiary/aromatic N) is 6. The second-order valence-corrected chi connectivity index (χ2v) is 10.0. The van der Waals surface area contributed by atoms with Crippen molar-refractivity contribution in [2.24, 2.45) is 5.84 Å². The van der Waals surface area contributed by atoms with Crippen molar-refractivity contribution in [3.8, 4) is 6.07 Å². The molecule has 1 aliphatic heterocycles. The van der Waals surface area contributed by atoms with Crippen molar-refractivity contribution in [2.45, 2.75) is 44.6 Å². The Hall–Kier alpha value is -4.34. The maximum absolute atomic E-state index is 13.9. The summed E-state index contributed by atoms with van der Waals surface area (Å²) in [7, 11) is 0. The molecule has 3 aromatic heterocycles. The van der Waals surface area contributed by atoms with Crippen molar-refractivity contribution in [1.82, 2.24) is 19.9 Å². The predicted octanol–water partition coefficient (Wildman–Crippen LogP) is 5.42. The van der Waals surface area contributed by atoms with Crippen LogP contribution in [0.15, 0.2) is 60.8 Å². The number of fused-ring (bicyclic) bond motifs is 1. The summed E-state index contributed by atoms with van der Waals surface area (Å²) in [6, 6.07) is 14.9. The van der Waals surface area contributed by atoms with Gasteiger partial charge in [-0.05, 0) is 55.3 Å². The minimum absolute atomic E-state index is 0.0676. The zero-order valence-corrected chi connectivity index (χ0v) is 22.4. The highest BCUT2D eigenvalue weighted by Gasteiger charge is 2.38. The molecule has 12 heteroatoms. The van der Waals surface area contributed by atoms with Gasteiger partial charge in [-0.3, -0.25) is 9.88 Å². The van der Waals surface area contributed by atoms with Gasteiger partial charge in [-0.2, -0.15) is 18.4 Å². The standard InChI is InChI=1S/C29H28F4N8/c1-3-22-16-40(25-12-26(39-35)38-23-11-9-21(13-34)37-27(23)25)17(2)15-41(22)28(18-4-7-20(30)8-5-18)24-10-6-19(14-36-24)29(31,32)33/h4-12,14,17,22,28H,3,15-16,35H2,1-2H3,(H,38,39)/t17-,22+,28?/m0/s1. The first-order chi connectivity index (χ1) is 19.6. The fraction of sp³-hybridized carbons (Fsp3) is 0.310. The van der Waals surface area contributed by atoms with Crippen molar-refractivity contribution < 1.29 is 17.6 Å². The summed E-state index contributed by atoms with van der Waals surface area (Å²) in [4.78, 5) is 17.6. The van der Waals surface area contributed by atoms with Gasteiger partial charge in [-0.1, -0.05) is 19.1 Å². The van der Waals surface area contributed by atoms with Crippen molar-refractivity contribution >= 4 is 22.5 Å². The molecule has 5 rings (SSSR count). The molecule has 0 spiro atoms. The molecule has 3 N–H and O–H groups in total. The van der Waals surface area contributed by atoms with Crippen molar-refractivity contribution in [2.75, 3.05) is 23.4 Å². The van der Waals surface area contributed by atoms with Gasteiger partial charge >= 0.3 is 6.18 Å². The molecule has 0 amide bonds.